The van der Waals surface area contributed by atoms with Gasteiger partial charge in [0.1, 0.15) is 11.4 Å². The minimum absolute atomic E-state index is 0.0107. The molecule has 2 amide bonds. The number of rotatable bonds is 7. The van der Waals surface area contributed by atoms with Gasteiger partial charge < -0.3 is 25.2 Å². The second-order valence-corrected chi connectivity index (χ2v) is 6.50. The van der Waals surface area contributed by atoms with E-state index in [0.717, 1.165) is 0 Å². The van der Waals surface area contributed by atoms with Crippen LogP contribution in [0.15, 0.2) is 78.5 Å². The van der Waals surface area contributed by atoms with Crippen LogP contribution < -0.4 is 20.1 Å². The van der Waals surface area contributed by atoms with Gasteiger partial charge in [0.05, 0.1) is 14.2 Å². The molecule has 31 heavy (non-hydrogen) atoms. The summed E-state index contributed by atoms with van der Waals surface area (Å²) in [4.78, 5) is 25.6. The first-order chi connectivity index (χ1) is 15.0. The standard InChI is InChI=1S/C24H22N2O5/c1-30-21-12-11-16(14-22(21)31-2)13-20(26-23(28)17-7-4-3-5-8-17)24(29)25-18-9-6-10-19(27)15-18/h3-15,27H,1-2H3,(H,25,29)(H,26,28). The Kier molecular flexibility index (Phi) is 6.90. The summed E-state index contributed by atoms with van der Waals surface area (Å²) in [5, 5.41) is 15.0. The van der Waals surface area contributed by atoms with Crippen molar-refractivity contribution in [1.82, 2.24) is 5.32 Å². The van der Waals surface area contributed by atoms with Gasteiger partial charge in [-0.05, 0) is 48.0 Å². The number of carbonyl (C=O) groups excluding carboxylic acids is 2. The Bertz CT molecular complexity index is 1110. The average molecular weight is 418 g/mol. The molecule has 7 heteroatoms. The lowest BCUT2D eigenvalue weighted by atomic mass is 10.1. The highest BCUT2D eigenvalue weighted by Crippen LogP contribution is 2.28. The number of methoxy groups -OCH3 is 2. The first-order valence-electron chi connectivity index (χ1n) is 9.40. The van der Waals surface area contributed by atoms with E-state index < -0.39 is 11.8 Å². The van der Waals surface area contributed by atoms with E-state index in [2.05, 4.69) is 10.6 Å². The topological polar surface area (TPSA) is 96.9 Å². The highest BCUT2D eigenvalue weighted by molar-refractivity contribution is 6.10. The molecule has 0 bridgehead atoms. The van der Waals surface area contributed by atoms with Crippen molar-refractivity contribution in [2.75, 3.05) is 19.5 Å². The van der Waals surface area contributed by atoms with Gasteiger partial charge >= 0.3 is 0 Å². The molecule has 0 fully saturated rings. The molecule has 3 aromatic rings. The zero-order valence-corrected chi connectivity index (χ0v) is 17.1. The summed E-state index contributed by atoms with van der Waals surface area (Å²) in [7, 11) is 3.04. The molecule has 0 radical (unpaired) electrons. The number of phenols is 1. The number of ether oxygens (including phenoxy) is 2. The number of hydrogen-bond acceptors (Lipinski definition) is 5. The Morgan fingerprint density at radius 2 is 1.61 bits per heavy atom. The van der Waals surface area contributed by atoms with Crippen LogP contribution in [0.25, 0.3) is 6.08 Å². The fraction of sp³-hybridized carbons (Fsp3) is 0.0833. The van der Waals surface area contributed by atoms with Crippen molar-refractivity contribution in [2.45, 2.75) is 0 Å². The Balaban J connectivity index is 1.94. The fourth-order valence-electron chi connectivity index (χ4n) is 2.83. The molecule has 0 saturated heterocycles. The van der Waals surface area contributed by atoms with E-state index >= 15 is 0 Å². The molecule has 0 unspecified atom stereocenters. The Labute approximate surface area is 179 Å². The predicted molar refractivity (Wildman–Crippen MR) is 118 cm³/mol. The number of hydrogen-bond donors (Lipinski definition) is 3. The molecule has 0 saturated carbocycles. The summed E-state index contributed by atoms with van der Waals surface area (Å²) in [6.07, 6.45) is 1.53. The van der Waals surface area contributed by atoms with Crippen LogP contribution in [0.1, 0.15) is 15.9 Å². The van der Waals surface area contributed by atoms with Crippen LogP contribution in [0, 0.1) is 0 Å². The van der Waals surface area contributed by atoms with Gasteiger partial charge in [0.25, 0.3) is 11.8 Å². The van der Waals surface area contributed by atoms with Crippen LogP contribution in [0.5, 0.6) is 17.2 Å². The molecule has 0 aliphatic heterocycles. The third-order valence-electron chi connectivity index (χ3n) is 4.35. The van der Waals surface area contributed by atoms with Gasteiger partial charge in [0.2, 0.25) is 0 Å². The highest BCUT2D eigenvalue weighted by Gasteiger charge is 2.16. The van der Waals surface area contributed by atoms with E-state index in [1.807, 2.05) is 0 Å². The van der Waals surface area contributed by atoms with Crippen LogP contribution in [0.2, 0.25) is 0 Å². The van der Waals surface area contributed by atoms with E-state index in [4.69, 9.17) is 9.47 Å². The zero-order chi connectivity index (χ0) is 22.2. The number of aromatic hydroxyl groups is 1. The molecule has 0 aliphatic carbocycles. The van der Waals surface area contributed by atoms with Gasteiger partial charge in [-0.2, -0.15) is 0 Å². The second-order valence-electron chi connectivity index (χ2n) is 6.50. The summed E-state index contributed by atoms with van der Waals surface area (Å²) in [6, 6.07) is 19.8. The molecule has 3 aromatic carbocycles. The number of anilines is 1. The van der Waals surface area contributed by atoms with Crippen molar-refractivity contribution in [3.63, 3.8) is 0 Å². The van der Waals surface area contributed by atoms with E-state index in [9.17, 15) is 14.7 Å². The number of carbonyl (C=O) groups is 2. The quantitative estimate of drug-likeness (QED) is 0.507. The Morgan fingerprint density at radius 1 is 0.871 bits per heavy atom. The minimum Gasteiger partial charge on any atom is -0.508 e. The maximum absolute atomic E-state index is 12.9. The zero-order valence-electron chi connectivity index (χ0n) is 17.1. The van der Waals surface area contributed by atoms with Gasteiger partial charge in [-0.15, -0.1) is 0 Å². The van der Waals surface area contributed by atoms with Crippen molar-refractivity contribution < 1.29 is 24.2 Å². The lowest BCUT2D eigenvalue weighted by Gasteiger charge is -2.12. The average Bonchev–Trinajstić information content (AvgIpc) is 2.79. The van der Waals surface area contributed by atoms with Crippen molar-refractivity contribution in [3.05, 3.63) is 89.6 Å². The Morgan fingerprint density at radius 3 is 2.29 bits per heavy atom. The van der Waals surface area contributed by atoms with Crippen molar-refractivity contribution in [1.29, 1.82) is 0 Å². The van der Waals surface area contributed by atoms with Crippen LogP contribution in [0.3, 0.4) is 0 Å². The number of amides is 2. The van der Waals surface area contributed by atoms with Crippen molar-refractivity contribution in [2.24, 2.45) is 0 Å². The normalized spacial score (nSPS) is 10.8. The molecule has 3 N–H and O–H groups in total. The maximum atomic E-state index is 12.9. The first kappa shape index (κ1) is 21.4. The predicted octanol–water partition coefficient (Wildman–Crippen LogP) is 3.82. The van der Waals surface area contributed by atoms with Crippen LogP contribution in [-0.2, 0) is 4.79 Å². The van der Waals surface area contributed by atoms with Crippen LogP contribution >= 0.6 is 0 Å². The summed E-state index contributed by atoms with van der Waals surface area (Å²) in [6.45, 7) is 0. The summed E-state index contributed by atoms with van der Waals surface area (Å²) in [5.74, 6) is 0.0525. The summed E-state index contributed by atoms with van der Waals surface area (Å²) in [5.41, 5.74) is 1.43. The minimum atomic E-state index is -0.551. The molecule has 3 rings (SSSR count). The van der Waals surface area contributed by atoms with E-state index in [1.165, 1.54) is 32.4 Å². The summed E-state index contributed by atoms with van der Waals surface area (Å²) < 4.78 is 10.5. The lowest BCUT2D eigenvalue weighted by Crippen LogP contribution is -2.30. The molecule has 0 spiro atoms. The number of phenolic OH excluding ortho intramolecular Hbond substituents is 1. The van der Waals surface area contributed by atoms with Gasteiger partial charge in [0.15, 0.2) is 11.5 Å². The smallest absolute Gasteiger partial charge is 0.272 e. The van der Waals surface area contributed by atoms with Gasteiger partial charge in [-0.25, -0.2) is 0 Å². The first-order valence-corrected chi connectivity index (χ1v) is 9.40. The van der Waals surface area contributed by atoms with Gasteiger partial charge in [0, 0.05) is 17.3 Å². The van der Waals surface area contributed by atoms with Crippen LogP contribution in [-0.4, -0.2) is 31.1 Å². The number of nitrogens with one attached hydrogen (secondary N) is 2. The van der Waals surface area contributed by atoms with Crippen molar-refractivity contribution in [3.8, 4) is 17.2 Å². The largest absolute Gasteiger partial charge is 0.508 e. The van der Waals surface area contributed by atoms with Crippen LogP contribution in [0.4, 0.5) is 5.69 Å². The fourth-order valence-corrected chi connectivity index (χ4v) is 2.83. The summed E-state index contributed by atoms with van der Waals surface area (Å²) >= 11 is 0. The lowest BCUT2D eigenvalue weighted by molar-refractivity contribution is -0.113. The molecular formula is C24H22N2O5. The van der Waals surface area contributed by atoms with Crippen molar-refractivity contribution >= 4 is 23.6 Å². The Hall–Kier alpha value is -4.26. The van der Waals surface area contributed by atoms with E-state index in [0.29, 0.717) is 28.3 Å². The molecule has 0 heterocycles. The monoisotopic (exact) mass is 418 g/mol. The van der Waals surface area contributed by atoms with Gasteiger partial charge in [-0.1, -0.05) is 30.3 Å². The van der Waals surface area contributed by atoms with E-state index in [1.54, 1.807) is 60.7 Å². The third kappa shape index (κ3) is 5.63. The van der Waals surface area contributed by atoms with E-state index in [-0.39, 0.29) is 11.4 Å². The SMILES string of the molecule is COc1ccc(C=C(NC(=O)c2ccccc2)C(=O)Nc2cccc(O)c2)cc1OC. The third-order valence-corrected chi connectivity index (χ3v) is 4.35. The second kappa shape index (κ2) is 9.98. The maximum Gasteiger partial charge on any atom is 0.272 e. The molecule has 0 aliphatic rings. The molecule has 158 valence electrons. The number of benzene rings is 3. The molecular weight excluding hydrogens is 396 g/mol. The van der Waals surface area contributed by atoms with Gasteiger partial charge in [-0.3, -0.25) is 9.59 Å². The molecule has 0 atom stereocenters. The highest BCUT2D eigenvalue weighted by atomic mass is 16.5. The molecule has 7 nitrogen and oxygen atoms in total. The molecule has 0 aromatic heterocycles.